The fraction of sp³-hybridized carbons (Fsp3) is 0.111. The third-order valence-corrected chi connectivity index (χ3v) is 4.93. The first-order valence-corrected chi connectivity index (χ1v) is 8.92. The fourth-order valence-electron chi connectivity index (χ4n) is 2.51. The van der Waals surface area contributed by atoms with Gasteiger partial charge in [0.1, 0.15) is 10.6 Å². The van der Waals surface area contributed by atoms with Crippen molar-refractivity contribution in [1.29, 1.82) is 0 Å². The molecule has 0 amide bonds. The van der Waals surface area contributed by atoms with E-state index in [0.717, 1.165) is 11.1 Å². The number of fused-ring (bicyclic) bond motifs is 1. The summed E-state index contributed by atoms with van der Waals surface area (Å²) in [5.41, 5.74) is 3.08. The predicted octanol–water partition coefficient (Wildman–Crippen LogP) is 4.82. The molecule has 0 aliphatic carbocycles. The molecule has 3 aromatic carbocycles. The smallest absolute Gasteiger partial charge is 0.295 e. The lowest BCUT2D eigenvalue weighted by atomic mass is 10.1. The molecule has 0 spiro atoms. The fourth-order valence-corrected chi connectivity index (χ4v) is 3.21. The predicted molar refractivity (Wildman–Crippen MR) is 95.5 cm³/mol. The van der Waals surface area contributed by atoms with Crippen molar-refractivity contribution < 1.29 is 18.1 Å². The number of nitrogens with zero attached hydrogens (tertiary/aromatic N) is 2. The van der Waals surface area contributed by atoms with E-state index in [-0.39, 0.29) is 27.1 Å². The molecule has 7 heteroatoms. The molecule has 0 aliphatic rings. The maximum absolute atomic E-state index is 11.4. The molecular weight excluding hydrogens is 340 g/mol. The zero-order valence-corrected chi connectivity index (χ0v) is 14.4. The highest BCUT2D eigenvalue weighted by molar-refractivity contribution is 7.86. The van der Waals surface area contributed by atoms with Crippen molar-refractivity contribution >= 4 is 32.3 Å². The topological polar surface area (TPSA) is 99.3 Å². The Hall–Kier alpha value is -2.77. The van der Waals surface area contributed by atoms with Crippen molar-refractivity contribution in [3.63, 3.8) is 0 Å². The summed E-state index contributed by atoms with van der Waals surface area (Å²) < 4.78 is 32.2. The van der Waals surface area contributed by atoms with Crippen LogP contribution in [0, 0.1) is 13.8 Å². The van der Waals surface area contributed by atoms with Crippen molar-refractivity contribution in [2.45, 2.75) is 18.7 Å². The number of hydrogen-bond donors (Lipinski definition) is 2. The summed E-state index contributed by atoms with van der Waals surface area (Å²) in [6, 6.07) is 12.8. The molecule has 128 valence electrons. The zero-order valence-electron chi connectivity index (χ0n) is 13.6. The lowest BCUT2D eigenvalue weighted by Crippen LogP contribution is -1.98. The van der Waals surface area contributed by atoms with Gasteiger partial charge in [0.2, 0.25) is 0 Å². The van der Waals surface area contributed by atoms with Crippen LogP contribution in [0.1, 0.15) is 11.1 Å². The Kier molecular flexibility index (Phi) is 4.28. The molecular formula is C18H16N2O4S. The standard InChI is InChI=1S/C18H16N2O4S/c1-11-6-7-13(10-12(11)2)19-20-16-9-8-14-15(18(16)21)4-3-5-17(14)25(22,23)24/h3-10,21H,1-2H3,(H,22,23,24). The van der Waals surface area contributed by atoms with Crippen LogP contribution in [0.25, 0.3) is 10.8 Å². The molecule has 6 nitrogen and oxygen atoms in total. The first-order valence-electron chi connectivity index (χ1n) is 7.48. The second-order valence-corrected chi connectivity index (χ2v) is 7.12. The number of aryl methyl sites for hydroxylation is 2. The number of aromatic hydroxyl groups is 1. The van der Waals surface area contributed by atoms with E-state index in [4.69, 9.17) is 0 Å². The van der Waals surface area contributed by atoms with Crippen molar-refractivity contribution in [3.05, 3.63) is 59.7 Å². The zero-order chi connectivity index (χ0) is 18.2. The average Bonchev–Trinajstić information content (AvgIpc) is 2.56. The van der Waals surface area contributed by atoms with Crippen LogP contribution in [-0.4, -0.2) is 18.1 Å². The Balaban J connectivity index is 2.08. The second-order valence-electron chi connectivity index (χ2n) is 5.73. The number of azo groups is 1. The minimum Gasteiger partial charge on any atom is -0.505 e. The SMILES string of the molecule is Cc1ccc(N=Nc2ccc3c(S(=O)(=O)O)cccc3c2O)cc1C. The summed E-state index contributed by atoms with van der Waals surface area (Å²) in [5, 5.41) is 19.0. The average molecular weight is 356 g/mol. The first-order chi connectivity index (χ1) is 11.8. The van der Waals surface area contributed by atoms with E-state index in [1.807, 2.05) is 32.0 Å². The Bertz CT molecular complexity index is 1110. The van der Waals surface area contributed by atoms with Gasteiger partial charge in [-0.1, -0.05) is 24.3 Å². The van der Waals surface area contributed by atoms with Crippen molar-refractivity contribution in [1.82, 2.24) is 0 Å². The third kappa shape index (κ3) is 3.38. The van der Waals surface area contributed by atoms with Crippen LogP contribution in [0.5, 0.6) is 5.75 Å². The summed E-state index contributed by atoms with van der Waals surface area (Å²) >= 11 is 0. The van der Waals surface area contributed by atoms with Gasteiger partial charge in [0.05, 0.1) is 5.69 Å². The van der Waals surface area contributed by atoms with Gasteiger partial charge < -0.3 is 5.11 Å². The molecule has 25 heavy (non-hydrogen) atoms. The molecule has 0 saturated carbocycles. The van der Waals surface area contributed by atoms with Gasteiger partial charge in [-0.2, -0.15) is 13.5 Å². The second kappa shape index (κ2) is 6.27. The van der Waals surface area contributed by atoms with Gasteiger partial charge in [0.25, 0.3) is 10.1 Å². The largest absolute Gasteiger partial charge is 0.505 e. The summed E-state index contributed by atoms with van der Waals surface area (Å²) in [7, 11) is -4.39. The monoisotopic (exact) mass is 356 g/mol. The minimum absolute atomic E-state index is 0.199. The number of phenolic OH excluding ortho intramolecular Hbond substituents is 1. The van der Waals surface area contributed by atoms with Crippen LogP contribution in [0.4, 0.5) is 11.4 Å². The van der Waals surface area contributed by atoms with Crippen LogP contribution in [0.3, 0.4) is 0 Å². The Morgan fingerprint density at radius 2 is 1.64 bits per heavy atom. The van der Waals surface area contributed by atoms with Crippen molar-refractivity contribution in [3.8, 4) is 5.75 Å². The molecule has 0 unspecified atom stereocenters. The lowest BCUT2D eigenvalue weighted by Gasteiger charge is -2.07. The van der Waals surface area contributed by atoms with Gasteiger partial charge in [-0.25, -0.2) is 0 Å². The van der Waals surface area contributed by atoms with Gasteiger partial charge in [0.15, 0.2) is 5.75 Å². The van der Waals surface area contributed by atoms with Gasteiger partial charge in [-0.15, -0.1) is 5.11 Å². The van der Waals surface area contributed by atoms with Gasteiger partial charge >= 0.3 is 0 Å². The van der Waals surface area contributed by atoms with E-state index >= 15 is 0 Å². The third-order valence-electron chi connectivity index (χ3n) is 4.01. The highest BCUT2D eigenvalue weighted by atomic mass is 32.2. The highest BCUT2D eigenvalue weighted by Crippen LogP contribution is 2.37. The summed E-state index contributed by atoms with van der Waals surface area (Å²) in [4.78, 5) is -0.266. The van der Waals surface area contributed by atoms with E-state index in [1.54, 1.807) is 6.07 Å². The molecule has 0 atom stereocenters. The minimum atomic E-state index is -4.39. The van der Waals surface area contributed by atoms with E-state index in [9.17, 15) is 18.1 Å². The van der Waals surface area contributed by atoms with E-state index in [1.165, 1.54) is 24.3 Å². The molecule has 0 bridgehead atoms. The maximum Gasteiger partial charge on any atom is 0.295 e. The molecule has 2 N–H and O–H groups in total. The molecule has 0 aromatic heterocycles. The number of hydrogen-bond acceptors (Lipinski definition) is 5. The normalized spacial score (nSPS) is 12.1. The molecule has 0 radical (unpaired) electrons. The molecule has 0 aliphatic heterocycles. The first kappa shape index (κ1) is 17.1. The molecule has 3 rings (SSSR count). The van der Waals surface area contributed by atoms with E-state index < -0.39 is 10.1 Å². The number of rotatable bonds is 3. The van der Waals surface area contributed by atoms with Crippen molar-refractivity contribution in [2.75, 3.05) is 0 Å². The molecule has 0 heterocycles. The Labute approximate surface area is 145 Å². The van der Waals surface area contributed by atoms with E-state index in [2.05, 4.69) is 10.2 Å². The molecule has 0 fully saturated rings. The van der Waals surface area contributed by atoms with Gasteiger partial charge in [0, 0.05) is 10.8 Å². The quantitative estimate of drug-likeness (QED) is 0.519. The maximum atomic E-state index is 11.4. The van der Waals surface area contributed by atoms with Gasteiger partial charge in [-0.05, 0) is 49.2 Å². The van der Waals surface area contributed by atoms with E-state index in [0.29, 0.717) is 5.69 Å². The lowest BCUT2D eigenvalue weighted by molar-refractivity contribution is 0.482. The Morgan fingerprint density at radius 1 is 0.880 bits per heavy atom. The summed E-state index contributed by atoms with van der Waals surface area (Å²) in [6.45, 7) is 3.97. The van der Waals surface area contributed by atoms with Crippen LogP contribution in [0.15, 0.2) is 63.7 Å². The molecule has 0 saturated heterocycles. The van der Waals surface area contributed by atoms with Crippen LogP contribution in [0.2, 0.25) is 0 Å². The van der Waals surface area contributed by atoms with Crippen LogP contribution >= 0.6 is 0 Å². The summed E-state index contributed by atoms with van der Waals surface area (Å²) in [6.07, 6.45) is 0. The van der Waals surface area contributed by atoms with Gasteiger partial charge in [-0.3, -0.25) is 4.55 Å². The molecule has 3 aromatic rings. The Morgan fingerprint density at radius 3 is 2.32 bits per heavy atom. The highest BCUT2D eigenvalue weighted by Gasteiger charge is 2.16. The van der Waals surface area contributed by atoms with Crippen molar-refractivity contribution in [2.24, 2.45) is 10.2 Å². The summed E-state index contributed by atoms with van der Waals surface area (Å²) in [5.74, 6) is -0.199. The van der Waals surface area contributed by atoms with Crippen LogP contribution < -0.4 is 0 Å². The van der Waals surface area contributed by atoms with Crippen LogP contribution in [-0.2, 0) is 10.1 Å². The number of phenols is 1. The number of benzene rings is 3.